The third-order valence-electron chi connectivity index (χ3n) is 3.45. The zero-order valence-corrected chi connectivity index (χ0v) is 10.4. The molecule has 18 heavy (non-hydrogen) atoms. The van der Waals surface area contributed by atoms with Gasteiger partial charge in [0, 0.05) is 30.8 Å². The topological polar surface area (TPSA) is 42.3 Å². The second kappa shape index (κ2) is 3.70. The maximum Gasteiger partial charge on any atom is 0.235 e. The third-order valence-corrected chi connectivity index (χ3v) is 3.45. The molecule has 1 aromatic heterocycles. The van der Waals surface area contributed by atoms with Gasteiger partial charge in [0.1, 0.15) is 5.82 Å². The maximum absolute atomic E-state index is 11.8. The minimum atomic E-state index is -0.109. The predicted octanol–water partition coefficient (Wildman–Crippen LogP) is 2.14. The molecule has 0 spiro atoms. The minimum absolute atomic E-state index is 0.109. The quantitative estimate of drug-likeness (QED) is 0.719. The van der Waals surface area contributed by atoms with Crippen molar-refractivity contribution in [1.82, 2.24) is 4.57 Å². The van der Waals surface area contributed by atoms with E-state index in [-0.39, 0.29) is 11.8 Å². The molecule has 1 saturated heterocycles. The van der Waals surface area contributed by atoms with E-state index in [2.05, 4.69) is 6.07 Å². The lowest BCUT2D eigenvalue weighted by molar-refractivity contribution is -0.121. The molecule has 1 aromatic carbocycles. The van der Waals surface area contributed by atoms with E-state index in [1.165, 1.54) is 10.5 Å². The van der Waals surface area contributed by atoms with Crippen molar-refractivity contribution in [2.75, 3.05) is 4.90 Å². The monoisotopic (exact) mass is 242 g/mol. The molecule has 0 radical (unpaired) electrons. The molecule has 0 atom stereocenters. The Balaban J connectivity index is 2.21. The summed E-state index contributed by atoms with van der Waals surface area (Å²) < 4.78 is 1.90. The Kier molecular flexibility index (Phi) is 2.26. The fourth-order valence-corrected chi connectivity index (χ4v) is 2.50. The van der Waals surface area contributed by atoms with Gasteiger partial charge in [-0.1, -0.05) is 11.6 Å². The molecule has 0 aliphatic carbocycles. The average Bonchev–Trinajstić information content (AvgIpc) is 2.80. The predicted molar refractivity (Wildman–Crippen MR) is 69.4 cm³/mol. The van der Waals surface area contributed by atoms with E-state index in [4.69, 9.17) is 0 Å². The number of carbonyl (C=O) groups is 2. The number of aryl methyl sites for hydroxylation is 2. The van der Waals surface area contributed by atoms with E-state index in [1.807, 2.05) is 36.7 Å². The van der Waals surface area contributed by atoms with Gasteiger partial charge < -0.3 is 4.57 Å². The molecule has 1 aliphatic rings. The van der Waals surface area contributed by atoms with Crippen LogP contribution in [0.2, 0.25) is 0 Å². The van der Waals surface area contributed by atoms with E-state index in [0.29, 0.717) is 18.7 Å². The van der Waals surface area contributed by atoms with Crippen molar-refractivity contribution < 1.29 is 9.59 Å². The van der Waals surface area contributed by atoms with Gasteiger partial charge in [0.25, 0.3) is 0 Å². The Bertz CT molecular complexity index is 654. The highest BCUT2D eigenvalue weighted by atomic mass is 16.2. The fraction of sp³-hybridized carbons (Fsp3) is 0.286. The molecule has 4 heteroatoms. The summed E-state index contributed by atoms with van der Waals surface area (Å²) in [5.41, 5.74) is 2.20. The number of carbonyl (C=O) groups excluding carboxylic acids is 2. The van der Waals surface area contributed by atoms with Crippen LogP contribution in [-0.4, -0.2) is 16.4 Å². The Labute approximate surface area is 105 Å². The van der Waals surface area contributed by atoms with Gasteiger partial charge in [0.15, 0.2) is 0 Å². The molecule has 0 saturated carbocycles. The molecule has 0 unspecified atom stereocenters. The number of amides is 2. The third kappa shape index (κ3) is 1.45. The summed E-state index contributed by atoms with van der Waals surface area (Å²) in [5, 5.41) is 1.06. The Morgan fingerprint density at radius 2 is 1.72 bits per heavy atom. The van der Waals surface area contributed by atoms with Crippen molar-refractivity contribution in [2.24, 2.45) is 7.05 Å². The van der Waals surface area contributed by atoms with Crippen molar-refractivity contribution in [3.8, 4) is 0 Å². The summed E-state index contributed by atoms with van der Waals surface area (Å²) in [6, 6.07) is 8.01. The molecule has 2 aromatic rings. The van der Waals surface area contributed by atoms with Crippen molar-refractivity contribution in [1.29, 1.82) is 0 Å². The first kappa shape index (κ1) is 11.0. The van der Waals surface area contributed by atoms with Gasteiger partial charge in [0.2, 0.25) is 11.8 Å². The van der Waals surface area contributed by atoms with Crippen LogP contribution in [0.3, 0.4) is 0 Å². The normalized spacial score (nSPS) is 16.0. The molecule has 3 rings (SSSR count). The first-order valence-corrected chi connectivity index (χ1v) is 6.00. The molecule has 1 fully saturated rings. The summed E-state index contributed by atoms with van der Waals surface area (Å²) in [5.74, 6) is 0.452. The van der Waals surface area contributed by atoms with Crippen LogP contribution < -0.4 is 4.90 Å². The molecule has 0 N–H and O–H groups in total. The maximum atomic E-state index is 11.8. The smallest absolute Gasteiger partial charge is 0.235 e. The van der Waals surface area contributed by atoms with E-state index in [0.717, 1.165) is 10.9 Å². The number of nitrogens with zero attached hydrogens (tertiary/aromatic N) is 2. The van der Waals surface area contributed by atoms with Gasteiger partial charge in [-0.05, 0) is 25.1 Å². The van der Waals surface area contributed by atoms with Crippen molar-refractivity contribution in [3.63, 3.8) is 0 Å². The highest BCUT2D eigenvalue weighted by molar-refractivity contribution is 6.20. The van der Waals surface area contributed by atoms with Crippen LogP contribution in [0.15, 0.2) is 24.3 Å². The van der Waals surface area contributed by atoms with Gasteiger partial charge in [-0.3, -0.25) is 9.59 Å². The van der Waals surface area contributed by atoms with Gasteiger partial charge in [0.05, 0.1) is 0 Å². The van der Waals surface area contributed by atoms with Crippen LogP contribution in [-0.2, 0) is 16.6 Å². The number of fused-ring (bicyclic) bond motifs is 1. The summed E-state index contributed by atoms with van der Waals surface area (Å²) in [7, 11) is 1.88. The second-order valence-corrected chi connectivity index (χ2v) is 4.75. The van der Waals surface area contributed by atoms with Crippen molar-refractivity contribution in [2.45, 2.75) is 19.8 Å². The molecule has 92 valence electrons. The number of hydrogen-bond donors (Lipinski definition) is 0. The summed E-state index contributed by atoms with van der Waals surface area (Å²) in [6.07, 6.45) is 0.638. The number of imide groups is 1. The molecular weight excluding hydrogens is 228 g/mol. The molecular formula is C14H14N2O2. The average molecular weight is 242 g/mol. The summed E-state index contributed by atoms with van der Waals surface area (Å²) >= 11 is 0. The molecule has 0 bridgehead atoms. The SMILES string of the molecule is Cc1ccc2c(c1)cc(N1C(=O)CCC1=O)n2C. The van der Waals surface area contributed by atoms with Gasteiger partial charge in [-0.25, -0.2) is 4.90 Å². The Hall–Kier alpha value is -2.10. The van der Waals surface area contributed by atoms with Gasteiger partial charge >= 0.3 is 0 Å². The number of benzene rings is 1. The van der Waals surface area contributed by atoms with E-state index >= 15 is 0 Å². The van der Waals surface area contributed by atoms with E-state index < -0.39 is 0 Å². The zero-order valence-electron chi connectivity index (χ0n) is 10.4. The fourth-order valence-electron chi connectivity index (χ4n) is 2.50. The second-order valence-electron chi connectivity index (χ2n) is 4.75. The van der Waals surface area contributed by atoms with Crippen LogP contribution in [0.1, 0.15) is 18.4 Å². The highest BCUT2D eigenvalue weighted by Gasteiger charge is 2.32. The Morgan fingerprint density at radius 1 is 1.06 bits per heavy atom. The standard InChI is InChI=1S/C14H14N2O2/c1-9-3-4-11-10(7-9)8-12(15(11)2)16-13(17)5-6-14(16)18/h3-4,7-8H,5-6H2,1-2H3. The van der Waals surface area contributed by atoms with Crippen molar-refractivity contribution >= 4 is 28.5 Å². The Morgan fingerprint density at radius 3 is 2.39 bits per heavy atom. The number of hydrogen-bond acceptors (Lipinski definition) is 2. The summed E-state index contributed by atoms with van der Waals surface area (Å²) in [4.78, 5) is 24.8. The first-order chi connectivity index (χ1) is 8.58. The lowest BCUT2D eigenvalue weighted by Gasteiger charge is -2.14. The van der Waals surface area contributed by atoms with Gasteiger partial charge in [-0.15, -0.1) is 0 Å². The largest absolute Gasteiger partial charge is 0.330 e. The van der Waals surface area contributed by atoms with Crippen LogP contribution in [0.4, 0.5) is 5.82 Å². The van der Waals surface area contributed by atoms with E-state index in [1.54, 1.807) is 0 Å². The van der Waals surface area contributed by atoms with Crippen molar-refractivity contribution in [3.05, 3.63) is 29.8 Å². The number of aromatic nitrogens is 1. The highest BCUT2D eigenvalue weighted by Crippen LogP contribution is 2.29. The van der Waals surface area contributed by atoms with E-state index in [9.17, 15) is 9.59 Å². The lowest BCUT2D eigenvalue weighted by Crippen LogP contribution is -2.30. The van der Waals surface area contributed by atoms with Gasteiger partial charge in [-0.2, -0.15) is 0 Å². The van der Waals surface area contributed by atoms with Crippen LogP contribution in [0, 0.1) is 6.92 Å². The lowest BCUT2D eigenvalue weighted by atomic mass is 10.2. The van der Waals surface area contributed by atoms with Crippen LogP contribution in [0.25, 0.3) is 10.9 Å². The zero-order chi connectivity index (χ0) is 12.9. The van der Waals surface area contributed by atoms with Crippen LogP contribution >= 0.6 is 0 Å². The molecule has 2 heterocycles. The molecule has 1 aliphatic heterocycles. The molecule has 2 amide bonds. The minimum Gasteiger partial charge on any atom is -0.330 e. The van der Waals surface area contributed by atoms with Crippen LogP contribution in [0.5, 0.6) is 0 Å². The first-order valence-electron chi connectivity index (χ1n) is 6.00. The number of anilines is 1. The summed E-state index contributed by atoms with van der Waals surface area (Å²) in [6.45, 7) is 2.03. The number of rotatable bonds is 1. The molecule has 4 nitrogen and oxygen atoms in total.